The Morgan fingerprint density at radius 2 is 2.17 bits per heavy atom. The quantitative estimate of drug-likeness (QED) is 0.880. The summed E-state index contributed by atoms with van der Waals surface area (Å²) < 4.78 is 0. The molecule has 4 nitrogen and oxygen atoms in total. The molecule has 0 spiro atoms. The molecule has 100 valence electrons. The first kappa shape index (κ1) is 13.3. The van der Waals surface area contributed by atoms with Crippen molar-refractivity contribution in [1.29, 1.82) is 0 Å². The normalized spacial score (nSPS) is 25.8. The number of pyridine rings is 1. The molecular formula is C14H24N4. The van der Waals surface area contributed by atoms with Crippen LogP contribution in [0.2, 0.25) is 0 Å². The summed E-state index contributed by atoms with van der Waals surface area (Å²) in [5.41, 5.74) is 7.08. The van der Waals surface area contributed by atoms with Crippen LogP contribution in [0.3, 0.4) is 0 Å². The van der Waals surface area contributed by atoms with Crippen LogP contribution in [0.1, 0.15) is 25.5 Å². The summed E-state index contributed by atoms with van der Waals surface area (Å²) in [5.74, 6) is 1.72. The van der Waals surface area contributed by atoms with Crippen molar-refractivity contribution in [3.63, 3.8) is 0 Å². The molecule has 0 saturated carbocycles. The largest absolute Gasteiger partial charge is 0.355 e. The Bertz CT molecular complexity index is 403. The zero-order valence-electron chi connectivity index (χ0n) is 11.8. The minimum Gasteiger partial charge on any atom is -0.355 e. The molecule has 1 aliphatic heterocycles. The van der Waals surface area contributed by atoms with Gasteiger partial charge >= 0.3 is 0 Å². The Balaban J connectivity index is 2.16. The van der Waals surface area contributed by atoms with Crippen LogP contribution in [-0.2, 0) is 0 Å². The molecule has 0 aromatic carbocycles. The molecule has 3 unspecified atom stereocenters. The van der Waals surface area contributed by atoms with Gasteiger partial charge in [0.15, 0.2) is 0 Å². The third-order valence-electron chi connectivity index (χ3n) is 3.86. The van der Waals surface area contributed by atoms with Gasteiger partial charge in [-0.3, -0.25) is 0 Å². The molecule has 1 aliphatic rings. The predicted molar refractivity (Wildman–Crippen MR) is 75.7 cm³/mol. The summed E-state index contributed by atoms with van der Waals surface area (Å²) in [6, 6.07) is 4.79. The van der Waals surface area contributed by atoms with E-state index in [0.29, 0.717) is 12.0 Å². The summed E-state index contributed by atoms with van der Waals surface area (Å²) >= 11 is 0. The fourth-order valence-corrected chi connectivity index (χ4v) is 2.70. The van der Waals surface area contributed by atoms with Crippen molar-refractivity contribution in [2.45, 2.75) is 25.9 Å². The highest BCUT2D eigenvalue weighted by Gasteiger charge is 2.31. The zero-order chi connectivity index (χ0) is 13.3. The molecule has 3 atom stereocenters. The summed E-state index contributed by atoms with van der Waals surface area (Å²) in [6.07, 6.45) is 1.86. The van der Waals surface area contributed by atoms with Crippen molar-refractivity contribution in [1.82, 2.24) is 9.88 Å². The highest BCUT2D eigenvalue weighted by molar-refractivity contribution is 5.43. The molecule has 0 aliphatic carbocycles. The molecule has 1 saturated heterocycles. The topological polar surface area (TPSA) is 45.4 Å². The second kappa shape index (κ2) is 5.24. The van der Waals surface area contributed by atoms with E-state index in [9.17, 15) is 0 Å². The van der Waals surface area contributed by atoms with Gasteiger partial charge in [-0.15, -0.1) is 0 Å². The summed E-state index contributed by atoms with van der Waals surface area (Å²) in [4.78, 5) is 9.15. The van der Waals surface area contributed by atoms with E-state index in [0.717, 1.165) is 24.5 Å². The number of nitrogens with two attached hydrogens (primary N) is 1. The Hall–Kier alpha value is -1.13. The van der Waals surface area contributed by atoms with Crippen molar-refractivity contribution in [2.75, 3.05) is 32.1 Å². The minimum absolute atomic E-state index is 0.0661. The molecule has 0 radical (unpaired) electrons. The molecule has 1 aromatic rings. The van der Waals surface area contributed by atoms with E-state index in [2.05, 4.69) is 41.9 Å². The lowest BCUT2D eigenvalue weighted by atomic mass is 10.1. The molecule has 4 heteroatoms. The minimum atomic E-state index is 0.0661. The van der Waals surface area contributed by atoms with Crippen LogP contribution in [0.4, 0.5) is 5.82 Å². The third kappa shape index (κ3) is 2.65. The van der Waals surface area contributed by atoms with Gasteiger partial charge in [0, 0.05) is 31.4 Å². The van der Waals surface area contributed by atoms with Crippen LogP contribution >= 0.6 is 0 Å². The fourth-order valence-electron chi connectivity index (χ4n) is 2.70. The average molecular weight is 248 g/mol. The maximum Gasteiger partial charge on any atom is 0.128 e. The predicted octanol–water partition coefficient (Wildman–Crippen LogP) is 1.49. The van der Waals surface area contributed by atoms with E-state index >= 15 is 0 Å². The number of hydrogen-bond acceptors (Lipinski definition) is 4. The smallest absolute Gasteiger partial charge is 0.128 e. The van der Waals surface area contributed by atoms with Gasteiger partial charge in [-0.25, -0.2) is 4.98 Å². The molecule has 18 heavy (non-hydrogen) atoms. The fraction of sp³-hybridized carbons (Fsp3) is 0.643. The van der Waals surface area contributed by atoms with Gasteiger partial charge in [0.25, 0.3) is 0 Å². The molecular weight excluding hydrogens is 224 g/mol. The average Bonchev–Trinajstić information content (AvgIpc) is 2.71. The molecule has 2 N–H and O–H groups in total. The number of rotatable bonds is 3. The number of anilines is 1. The monoisotopic (exact) mass is 248 g/mol. The van der Waals surface area contributed by atoms with Crippen molar-refractivity contribution in [3.05, 3.63) is 23.9 Å². The SMILES string of the molecule is CC(N)c1ccnc(N2CC(C)C(N(C)C)C2)c1. The van der Waals surface area contributed by atoms with Gasteiger partial charge in [0.1, 0.15) is 5.82 Å². The van der Waals surface area contributed by atoms with Crippen molar-refractivity contribution < 1.29 is 0 Å². The first-order valence-corrected chi connectivity index (χ1v) is 6.62. The number of aromatic nitrogens is 1. The number of likely N-dealkylation sites (N-methyl/N-ethyl adjacent to an activating group) is 1. The lowest BCUT2D eigenvalue weighted by molar-refractivity contribution is 0.266. The van der Waals surface area contributed by atoms with E-state index < -0.39 is 0 Å². The van der Waals surface area contributed by atoms with Gasteiger partial charge in [0.2, 0.25) is 0 Å². The van der Waals surface area contributed by atoms with Gasteiger partial charge in [-0.05, 0) is 44.6 Å². The van der Waals surface area contributed by atoms with E-state index in [1.54, 1.807) is 0 Å². The van der Waals surface area contributed by atoms with Crippen molar-refractivity contribution in [3.8, 4) is 0 Å². The Morgan fingerprint density at radius 3 is 2.72 bits per heavy atom. The Morgan fingerprint density at radius 1 is 1.44 bits per heavy atom. The van der Waals surface area contributed by atoms with Crippen LogP contribution in [0.5, 0.6) is 0 Å². The molecule has 2 heterocycles. The van der Waals surface area contributed by atoms with Crippen molar-refractivity contribution >= 4 is 5.82 Å². The van der Waals surface area contributed by atoms with E-state index in [-0.39, 0.29) is 6.04 Å². The maximum atomic E-state index is 5.93. The van der Waals surface area contributed by atoms with E-state index in [4.69, 9.17) is 5.73 Å². The Labute approximate surface area is 110 Å². The first-order chi connectivity index (χ1) is 8.49. The summed E-state index contributed by atoms with van der Waals surface area (Å²) in [7, 11) is 4.30. The van der Waals surface area contributed by atoms with E-state index in [1.807, 2.05) is 19.2 Å². The summed E-state index contributed by atoms with van der Waals surface area (Å²) in [6.45, 7) is 6.43. The molecule has 1 fully saturated rings. The zero-order valence-corrected chi connectivity index (χ0v) is 11.8. The molecule has 2 rings (SSSR count). The lowest BCUT2D eigenvalue weighted by Gasteiger charge is -2.22. The number of hydrogen-bond donors (Lipinski definition) is 1. The second-order valence-corrected chi connectivity index (χ2v) is 5.65. The molecule has 0 amide bonds. The lowest BCUT2D eigenvalue weighted by Crippen LogP contribution is -2.34. The first-order valence-electron chi connectivity index (χ1n) is 6.62. The van der Waals surface area contributed by atoms with Crippen molar-refractivity contribution in [2.24, 2.45) is 11.7 Å². The maximum absolute atomic E-state index is 5.93. The van der Waals surface area contributed by atoms with Crippen LogP contribution < -0.4 is 10.6 Å². The second-order valence-electron chi connectivity index (χ2n) is 5.65. The van der Waals surface area contributed by atoms with Gasteiger partial charge in [-0.1, -0.05) is 6.92 Å². The van der Waals surface area contributed by atoms with Crippen LogP contribution in [-0.4, -0.2) is 43.1 Å². The molecule has 1 aromatic heterocycles. The summed E-state index contributed by atoms with van der Waals surface area (Å²) in [5, 5.41) is 0. The van der Waals surface area contributed by atoms with Crippen LogP contribution in [0.25, 0.3) is 0 Å². The van der Waals surface area contributed by atoms with Crippen LogP contribution in [0.15, 0.2) is 18.3 Å². The highest BCUT2D eigenvalue weighted by atomic mass is 15.3. The third-order valence-corrected chi connectivity index (χ3v) is 3.86. The van der Waals surface area contributed by atoms with Gasteiger partial charge in [-0.2, -0.15) is 0 Å². The van der Waals surface area contributed by atoms with Gasteiger partial charge in [0.05, 0.1) is 0 Å². The standard InChI is InChI=1S/C14H24N4/c1-10-8-18(9-13(10)17(3)4)14-7-12(11(2)15)5-6-16-14/h5-7,10-11,13H,8-9,15H2,1-4H3. The number of nitrogens with zero attached hydrogens (tertiary/aromatic N) is 3. The van der Waals surface area contributed by atoms with E-state index in [1.165, 1.54) is 0 Å². The van der Waals surface area contributed by atoms with Gasteiger partial charge < -0.3 is 15.5 Å². The highest BCUT2D eigenvalue weighted by Crippen LogP contribution is 2.25. The van der Waals surface area contributed by atoms with Crippen LogP contribution in [0, 0.1) is 5.92 Å². The molecule has 0 bridgehead atoms. The Kier molecular flexibility index (Phi) is 3.88.